The number of carbonyl (C=O) groups is 2. The van der Waals surface area contributed by atoms with Crippen LogP contribution in [0.1, 0.15) is 47.4 Å². The summed E-state index contributed by atoms with van der Waals surface area (Å²) in [6.07, 6.45) is 3.72. The summed E-state index contributed by atoms with van der Waals surface area (Å²) in [5.74, 6) is -2.72. The summed E-state index contributed by atoms with van der Waals surface area (Å²) in [5, 5.41) is 9.52. The monoisotopic (exact) mass is 461 g/mol. The standard InChI is InChI=1S/C22H22ClF2N5O2/c1-11-7-12(2)30-20(27-11)16(10-26-30)22(32)28-15-5-3-13(4-6-15)21(31)29-19-17(23)8-14(24)9-18(19)25/h7-10,13,15H,3-6H2,1-2H3,(H,28,32)(H,29,31). The van der Waals surface area contributed by atoms with Crippen molar-refractivity contribution in [3.8, 4) is 0 Å². The quantitative estimate of drug-likeness (QED) is 0.609. The minimum atomic E-state index is -0.920. The van der Waals surface area contributed by atoms with Crippen molar-refractivity contribution in [1.82, 2.24) is 19.9 Å². The van der Waals surface area contributed by atoms with Gasteiger partial charge in [0.2, 0.25) is 5.91 Å². The van der Waals surface area contributed by atoms with E-state index < -0.39 is 11.6 Å². The predicted molar refractivity (Wildman–Crippen MR) is 116 cm³/mol. The van der Waals surface area contributed by atoms with Crippen LogP contribution in [0.25, 0.3) is 5.65 Å². The number of hydrogen-bond donors (Lipinski definition) is 2. The maximum Gasteiger partial charge on any atom is 0.256 e. The average Bonchev–Trinajstić information content (AvgIpc) is 3.15. The second kappa shape index (κ2) is 8.82. The van der Waals surface area contributed by atoms with E-state index in [-0.39, 0.29) is 34.5 Å². The van der Waals surface area contributed by atoms with Gasteiger partial charge in [-0.15, -0.1) is 0 Å². The number of aryl methyl sites for hydroxylation is 2. The molecule has 0 spiro atoms. The zero-order valence-corrected chi connectivity index (χ0v) is 18.3. The number of hydrogen-bond acceptors (Lipinski definition) is 4. The Balaban J connectivity index is 1.36. The fraction of sp³-hybridized carbons (Fsp3) is 0.364. The van der Waals surface area contributed by atoms with E-state index in [0.29, 0.717) is 43.0 Å². The molecule has 1 aliphatic carbocycles. The number of benzene rings is 1. The highest BCUT2D eigenvalue weighted by molar-refractivity contribution is 6.33. The first kappa shape index (κ1) is 22.1. The fourth-order valence-electron chi connectivity index (χ4n) is 4.08. The van der Waals surface area contributed by atoms with Crippen molar-refractivity contribution in [3.63, 3.8) is 0 Å². The van der Waals surface area contributed by atoms with Crippen molar-refractivity contribution >= 4 is 34.7 Å². The lowest BCUT2D eigenvalue weighted by Crippen LogP contribution is -2.39. The normalized spacial score (nSPS) is 18.5. The molecule has 3 aromatic rings. The van der Waals surface area contributed by atoms with Gasteiger partial charge in [-0.2, -0.15) is 5.10 Å². The Hall–Kier alpha value is -3.07. The van der Waals surface area contributed by atoms with Gasteiger partial charge >= 0.3 is 0 Å². The van der Waals surface area contributed by atoms with Gasteiger partial charge in [-0.1, -0.05) is 11.6 Å². The first-order valence-corrected chi connectivity index (χ1v) is 10.7. The Morgan fingerprint density at radius 1 is 1.12 bits per heavy atom. The van der Waals surface area contributed by atoms with Crippen molar-refractivity contribution in [3.05, 3.63) is 58.0 Å². The summed E-state index contributed by atoms with van der Waals surface area (Å²) in [6, 6.07) is 3.41. The van der Waals surface area contributed by atoms with E-state index >= 15 is 0 Å². The van der Waals surface area contributed by atoms with Gasteiger partial charge in [0.1, 0.15) is 11.4 Å². The molecule has 0 unspecified atom stereocenters. The number of nitrogens with zero attached hydrogens (tertiary/aromatic N) is 3. The third-order valence-corrected chi connectivity index (χ3v) is 6.01. The molecule has 2 amide bonds. The lowest BCUT2D eigenvalue weighted by Gasteiger charge is -2.28. The summed E-state index contributed by atoms with van der Waals surface area (Å²) in [6.45, 7) is 3.76. The van der Waals surface area contributed by atoms with Gasteiger partial charge in [0.05, 0.1) is 16.9 Å². The Bertz CT molecular complexity index is 1180. The third kappa shape index (κ3) is 4.43. The Kier molecular flexibility index (Phi) is 6.10. The van der Waals surface area contributed by atoms with Crippen LogP contribution in [-0.4, -0.2) is 32.5 Å². The van der Waals surface area contributed by atoms with Crippen molar-refractivity contribution in [2.45, 2.75) is 45.6 Å². The third-order valence-electron chi connectivity index (χ3n) is 5.71. The minimum Gasteiger partial charge on any atom is -0.349 e. The van der Waals surface area contributed by atoms with Crippen molar-refractivity contribution in [2.75, 3.05) is 5.32 Å². The average molecular weight is 462 g/mol. The number of amides is 2. The Labute approximate surface area is 188 Å². The maximum absolute atomic E-state index is 13.9. The molecule has 2 heterocycles. The summed E-state index contributed by atoms with van der Waals surface area (Å²) >= 11 is 5.85. The molecule has 2 N–H and O–H groups in total. The molecule has 0 aliphatic heterocycles. The van der Waals surface area contributed by atoms with Crippen molar-refractivity contribution in [1.29, 1.82) is 0 Å². The number of nitrogens with one attached hydrogen (secondary N) is 2. The van der Waals surface area contributed by atoms with Gasteiger partial charge in [-0.25, -0.2) is 18.3 Å². The summed E-state index contributed by atoms with van der Waals surface area (Å²) < 4.78 is 28.8. The molecule has 0 bridgehead atoms. The van der Waals surface area contributed by atoms with Crippen LogP contribution >= 0.6 is 11.6 Å². The van der Waals surface area contributed by atoms with Crippen LogP contribution in [0, 0.1) is 31.4 Å². The smallest absolute Gasteiger partial charge is 0.256 e. The molecular formula is C22H22ClF2N5O2. The number of aromatic nitrogens is 3. The van der Waals surface area contributed by atoms with Gasteiger partial charge in [0.15, 0.2) is 11.5 Å². The number of fused-ring (bicyclic) bond motifs is 1. The second-order valence-corrected chi connectivity index (χ2v) is 8.50. The lowest BCUT2D eigenvalue weighted by atomic mass is 9.85. The van der Waals surface area contributed by atoms with Gasteiger partial charge in [-0.3, -0.25) is 9.59 Å². The van der Waals surface area contributed by atoms with E-state index in [4.69, 9.17) is 11.6 Å². The SMILES string of the molecule is Cc1cc(C)n2ncc(C(=O)NC3CCC(C(=O)Nc4c(F)cc(F)cc4Cl)CC3)c2n1. The highest BCUT2D eigenvalue weighted by Crippen LogP contribution is 2.30. The van der Waals surface area contributed by atoms with Gasteiger partial charge < -0.3 is 10.6 Å². The van der Waals surface area contributed by atoms with E-state index in [9.17, 15) is 18.4 Å². The number of rotatable bonds is 4. The zero-order valence-electron chi connectivity index (χ0n) is 17.6. The molecule has 0 atom stereocenters. The van der Waals surface area contributed by atoms with Gasteiger partial charge in [-0.05, 0) is 51.7 Å². The highest BCUT2D eigenvalue weighted by Gasteiger charge is 2.29. The van der Waals surface area contributed by atoms with Crippen LogP contribution in [0.4, 0.5) is 14.5 Å². The Morgan fingerprint density at radius 3 is 2.53 bits per heavy atom. The van der Waals surface area contributed by atoms with Crippen LogP contribution in [0.3, 0.4) is 0 Å². The summed E-state index contributed by atoms with van der Waals surface area (Å²) in [5.41, 5.74) is 2.37. The number of halogens is 3. The molecule has 1 aliphatic rings. The van der Waals surface area contributed by atoms with E-state index in [1.807, 2.05) is 19.9 Å². The fourth-order valence-corrected chi connectivity index (χ4v) is 4.32. The summed E-state index contributed by atoms with van der Waals surface area (Å²) in [4.78, 5) is 29.8. The molecule has 1 saturated carbocycles. The molecule has 1 aromatic carbocycles. The van der Waals surface area contributed by atoms with E-state index in [1.165, 1.54) is 6.20 Å². The van der Waals surface area contributed by atoms with Crippen LogP contribution in [0.5, 0.6) is 0 Å². The van der Waals surface area contributed by atoms with Crippen LogP contribution in [-0.2, 0) is 4.79 Å². The van der Waals surface area contributed by atoms with Crippen LogP contribution in [0.15, 0.2) is 24.4 Å². The maximum atomic E-state index is 13.9. The van der Waals surface area contributed by atoms with Crippen molar-refractivity contribution < 1.29 is 18.4 Å². The molecule has 168 valence electrons. The van der Waals surface area contributed by atoms with Gasteiger partial charge in [0, 0.05) is 29.4 Å². The molecule has 7 nitrogen and oxygen atoms in total. The lowest BCUT2D eigenvalue weighted by molar-refractivity contribution is -0.120. The zero-order chi connectivity index (χ0) is 23.0. The van der Waals surface area contributed by atoms with E-state index in [1.54, 1.807) is 4.52 Å². The van der Waals surface area contributed by atoms with Crippen molar-refractivity contribution in [2.24, 2.45) is 5.92 Å². The highest BCUT2D eigenvalue weighted by atomic mass is 35.5. The topological polar surface area (TPSA) is 88.4 Å². The van der Waals surface area contributed by atoms with E-state index in [2.05, 4.69) is 20.7 Å². The molecule has 4 rings (SSSR count). The molecule has 32 heavy (non-hydrogen) atoms. The van der Waals surface area contributed by atoms with Gasteiger partial charge in [0.25, 0.3) is 5.91 Å². The predicted octanol–water partition coefficient (Wildman–Crippen LogP) is 4.21. The van der Waals surface area contributed by atoms with Crippen LogP contribution < -0.4 is 10.6 Å². The van der Waals surface area contributed by atoms with Crippen LogP contribution in [0.2, 0.25) is 5.02 Å². The second-order valence-electron chi connectivity index (χ2n) is 8.09. The van der Waals surface area contributed by atoms with E-state index in [0.717, 1.165) is 17.5 Å². The largest absolute Gasteiger partial charge is 0.349 e. The Morgan fingerprint density at radius 2 is 1.84 bits per heavy atom. The molecule has 0 radical (unpaired) electrons. The molecule has 1 fully saturated rings. The molecule has 10 heteroatoms. The first-order chi connectivity index (χ1) is 15.2. The molecule has 0 saturated heterocycles. The summed E-state index contributed by atoms with van der Waals surface area (Å²) in [7, 11) is 0. The molecule has 2 aromatic heterocycles. The minimum absolute atomic E-state index is 0.0986. The first-order valence-electron chi connectivity index (χ1n) is 10.3. The molecular weight excluding hydrogens is 440 g/mol. The number of anilines is 1. The number of carbonyl (C=O) groups excluding carboxylic acids is 2.